The Bertz CT molecular complexity index is 507. The summed E-state index contributed by atoms with van der Waals surface area (Å²) in [6.07, 6.45) is 0.202. The highest BCUT2D eigenvalue weighted by atomic mass is 16.3. The molecule has 0 bridgehead atoms. The lowest BCUT2D eigenvalue weighted by molar-refractivity contribution is 0.0210. The second-order valence-corrected chi connectivity index (χ2v) is 4.28. The molecule has 3 N–H and O–H groups in total. The Balaban J connectivity index is 2.41. The maximum Gasteiger partial charge on any atom is 0.108 e. The van der Waals surface area contributed by atoms with Crippen LogP contribution in [0.2, 0.25) is 0 Å². The van der Waals surface area contributed by atoms with Crippen molar-refractivity contribution in [1.82, 2.24) is 9.88 Å². The van der Waals surface area contributed by atoms with Crippen molar-refractivity contribution in [1.29, 1.82) is 0 Å². The van der Waals surface area contributed by atoms with Gasteiger partial charge in [-0.05, 0) is 13.1 Å². The van der Waals surface area contributed by atoms with E-state index in [-0.39, 0.29) is 0 Å². The number of aromatic nitrogens is 1. The molecule has 4 nitrogen and oxygen atoms in total. The number of hydrogen-bond donors (Lipinski definition) is 3. The number of nitrogens with one attached hydrogen (secondary N) is 1. The van der Waals surface area contributed by atoms with Crippen LogP contribution in [0.15, 0.2) is 30.5 Å². The van der Waals surface area contributed by atoms with Crippen LogP contribution in [0.4, 0.5) is 0 Å². The SMILES string of the molecule is CNCC(O)C(O)c1cn(C)c2ccccc12. The van der Waals surface area contributed by atoms with Crippen molar-refractivity contribution in [2.75, 3.05) is 13.6 Å². The highest BCUT2D eigenvalue weighted by Crippen LogP contribution is 2.27. The number of fused-ring (bicyclic) bond motifs is 1. The van der Waals surface area contributed by atoms with Crippen LogP contribution in [0.1, 0.15) is 11.7 Å². The number of benzene rings is 1. The van der Waals surface area contributed by atoms with Gasteiger partial charge in [-0.15, -0.1) is 0 Å². The Kier molecular flexibility index (Phi) is 3.47. The zero-order valence-electron chi connectivity index (χ0n) is 10.1. The fraction of sp³-hybridized carbons (Fsp3) is 0.385. The van der Waals surface area contributed by atoms with Crippen molar-refractivity contribution in [3.63, 3.8) is 0 Å². The third kappa shape index (κ3) is 2.20. The van der Waals surface area contributed by atoms with Crippen molar-refractivity contribution in [3.05, 3.63) is 36.0 Å². The Labute approximate surface area is 100 Å². The van der Waals surface area contributed by atoms with Crippen molar-refractivity contribution >= 4 is 10.9 Å². The highest BCUT2D eigenvalue weighted by Gasteiger charge is 2.21. The minimum Gasteiger partial charge on any atom is -0.389 e. The van der Waals surface area contributed by atoms with Gasteiger partial charge in [-0.3, -0.25) is 0 Å². The lowest BCUT2D eigenvalue weighted by atomic mass is 10.0. The Hall–Kier alpha value is -1.36. The standard InChI is InChI=1S/C13H18N2O2/c1-14-7-12(16)13(17)10-8-15(2)11-6-4-3-5-9(10)11/h3-6,8,12-14,16-17H,7H2,1-2H3. The number of para-hydroxylation sites is 1. The normalized spacial score (nSPS) is 15.1. The smallest absolute Gasteiger partial charge is 0.108 e. The molecule has 2 aromatic rings. The fourth-order valence-electron chi connectivity index (χ4n) is 2.14. The van der Waals surface area contributed by atoms with Gasteiger partial charge in [0.05, 0.1) is 6.10 Å². The van der Waals surface area contributed by atoms with E-state index in [0.29, 0.717) is 6.54 Å². The first-order chi connectivity index (χ1) is 8.15. The topological polar surface area (TPSA) is 57.4 Å². The van der Waals surface area contributed by atoms with Crippen LogP contribution in [0.25, 0.3) is 10.9 Å². The summed E-state index contributed by atoms with van der Waals surface area (Å²) in [6, 6.07) is 7.85. The average molecular weight is 234 g/mol. The van der Waals surface area contributed by atoms with Crippen LogP contribution < -0.4 is 5.32 Å². The molecule has 2 unspecified atom stereocenters. The summed E-state index contributed by atoms with van der Waals surface area (Å²) in [6.45, 7) is 0.365. The number of rotatable bonds is 4. The minimum absolute atomic E-state index is 0.365. The van der Waals surface area contributed by atoms with Crippen LogP contribution in [0.3, 0.4) is 0 Å². The molecule has 0 saturated carbocycles. The molecule has 1 heterocycles. The Morgan fingerprint density at radius 1 is 1.29 bits per heavy atom. The summed E-state index contributed by atoms with van der Waals surface area (Å²) in [5, 5.41) is 23.8. The lowest BCUT2D eigenvalue weighted by Crippen LogP contribution is -2.29. The van der Waals surface area contributed by atoms with Gasteiger partial charge in [0, 0.05) is 36.3 Å². The summed E-state index contributed by atoms with van der Waals surface area (Å²) in [4.78, 5) is 0. The van der Waals surface area contributed by atoms with Crippen LogP contribution >= 0.6 is 0 Å². The van der Waals surface area contributed by atoms with Crippen LogP contribution in [-0.4, -0.2) is 34.5 Å². The van der Waals surface area contributed by atoms with E-state index in [2.05, 4.69) is 5.32 Å². The minimum atomic E-state index is -0.867. The molecule has 4 heteroatoms. The van der Waals surface area contributed by atoms with Crippen LogP contribution in [-0.2, 0) is 7.05 Å². The van der Waals surface area contributed by atoms with Crippen LogP contribution in [0.5, 0.6) is 0 Å². The van der Waals surface area contributed by atoms with Gasteiger partial charge < -0.3 is 20.1 Å². The molecule has 0 aliphatic heterocycles. The van der Waals surface area contributed by atoms with E-state index in [9.17, 15) is 10.2 Å². The van der Waals surface area contributed by atoms with E-state index in [0.717, 1.165) is 16.5 Å². The molecule has 0 spiro atoms. The van der Waals surface area contributed by atoms with Gasteiger partial charge in [-0.25, -0.2) is 0 Å². The number of aryl methyl sites for hydroxylation is 1. The molecular weight excluding hydrogens is 216 g/mol. The van der Waals surface area contributed by atoms with Gasteiger partial charge in [0.25, 0.3) is 0 Å². The highest BCUT2D eigenvalue weighted by molar-refractivity contribution is 5.84. The molecule has 1 aromatic heterocycles. The Morgan fingerprint density at radius 2 is 2.00 bits per heavy atom. The molecule has 2 atom stereocenters. The summed E-state index contributed by atoms with van der Waals surface area (Å²) in [7, 11) is 3.68. The molecule has 0 aliphatic carbocycles. The van der Waals surface area contributed by atoms with Gasteiger partial charge in [0.2, 0.25) is 0 Å². The third-order valence-corrected chi connectivity index (χ3v) is 3.02. The fourth-order valence-corrected chi connectivity index (χ4v) is 2.14. The molecule has 0 aliphatic rings. The third-order valence-electron chi connectivity index (χ3n) is 3.02. The largest absolute Gasteiger partial charge is 0.389 e. The van der Waals surface area contributed by atoms with Crippen molar-refractivity contribution in [2.24, 2.45) is 7.05 Å². The monoisotopic (exact) mass is 234 g/mol. The summed E-state index contributed by atoms with van der Waals surface area (Å²) < 4.78 is 1.96. The molecular formula is C13H18N2O2. The summed E-state index contributed by atoms with van der Waals surface area (Å²) in [5.41, 5.74) is 1.82. The zero-order chi connectivity index (χ0) is 12.4. The molecule has 0 radical (unpaired) electrons. The first kappa shape index (κ1) is 12.1. The van der Waals surface area contributed by atoms with Crippen molar-refractivity contribution in [3.8, 4) is 0 Å². The van der Waals surface area contributed by atoms with Crippen LogP contribution in [0, 0.1) is 0 Å². The first-order valence-electron chi connectivity index (χ1n) is 5.70. The number of likely N-dealkylation sites (N-methyl/N-ethyl adjacent to an activating group) is 1. The van der Waals surface area contributed by atoms with E-state index in [1.807, 2.05) is 42.1 Å². The van der Waals surface area contributed by atoms with Gasteiger partial charge in [0.1, 0.15) is 6.10 Å². The zero-order valence-corrected chi connectivity index (χ0v) is 10.1. The molecule has 2 rings (SSSR count). The van der Waals surface area contributed by atoms with Gasteiger partial charge >= 0.3 is 0 Å². The summed E-state index contributed by atoms with van der Waals surface area (Å²) >= 11 is 0. The predicted octanol–water partition coefficient (Wildman–Crippen LogP) is 0.792. The van der Waals surface area contributed by atoms with Gasteiger partial charge in [-0.2, -0.15) is 0 Å². The van der Waals surface area contributed by atoms with E-state index < -0.39 is 12.2 Å². The van der Waals surface area contributed by atoms with Crippen molar-refractivity contribution in [2.45, 2.75) is 12.2 Å². The second-order valence-electron chi connectivity index (χ2n) is 4.28. The Morgan fingerprint density at radius 3 is 2.71 bits per heavy atom. The molecule has 1 aromatic carbocycles. The lowest BCUT2D eigenvalue weighted by Gasteiger charge is -2.16. The maximum atomic E-state index is 10.1. The molecule has 92 valence electrons. The first-order valence-corrected chi connectivity index (χ1v) is 5.70. The van der Waals surface area contributed by atoms with E-state index >= 15 is 0 Å². The number of hydrogen-bond acceptors (Lipinski definition) is 3. The number of aliphatic hydroxyl groups is 2. The number of aliphatic hydroxyl groups excluding tert-OH is 2. The molecule has 0 amide bonds. The summed E-state index contributed by atoms with van der Waals surface area (Å²) in [5.74, 6) is 0. The quantitative estimate of drug-likeness (QED) is 0.733. The maximum absolute atomic E-state index is 10.1. The van der Waals surface area contributed by atoms with E-state index in [1.54, 1.807) is 7.05 Å². The molecule has 0 fully saturated rings. The number of nitrogens with zero attached hydrogens (tertiary/aromatic N) is 1. The van der Waals surface area contributed by atoms with Crippen molar-refractivity contribution < 1.29 is 10.2 Å². The van der Waals surface area contributed by atoms with E-state index in [4.69, 9.17) is 0 Å². The van der Waals surface area contributed by atoms with E-state index in [1.165, 1.54) is 0 Å². The molecule has 17 heavy (non-hydrogen) atoms. The van der Waals surface area contributed by atoms with Gasteiger partial charge in [0.15, 0.2) is 0 Å². The molecule has 0 saturated heterocycles. The van der Waals surface area contributed by atoms with Gasteiger partial charge in [-0.1, -0.05) is 18.2 Å². The second kappa shape index (κ2) is 4.87. The predicted molar refractivity (Wildman–Crippen MR) is 67.8 cm³/mol. The average Bonchev–Trinajstić information content (AvgIpc) is 2.67.